The van der Waals surface area contributed by atoms with Gasteiger partial charge >= 0.3 is 5.97 Å². The normalized spacial score (nSPS) is 17.8. The van der Waals surface area contributed by atoms with Gasteiger partial charge in [0.2, 0.25) is 0 Å². The third-order valence-electron chi connectivity index (χ3n) is 4.42. The van der Waals surface area contributed by atoms with Crippen LogP contribution >= 0.6 is 0 Å². The second-order valence-electron chi connectivity index (χ2n) is 6.10. The fraction of sp³-hybridized carbons (Fsp3) is 0.250. The lowest BCUT2D eigenvalue weighted by Crippen LogP contribution is -2.41. The van der Waals surface area contributed by atoms with Gasteiger partial charge in [-0.2, -0.15) is 0 Å². The van der Waals surface area contributed by atoms with E-state index in [4.69, 9.17) is 9.57 Å². The van der Waals surface area contributed by atoms with Gasteiger partial charge in [-0.1, -0.05) is 29.4 Å². The summed E-state index contributed by atoms with van der Waals surface area (Å²) in [5.41, 5.74) is 2.75. The van der Waals surface area contributed by atoms with E-state index in [1.54, 1.807) is 36.4 Å². The molecule has 1 aliphatic heterocycles. The van der Waals surface area contributed by atoms with E-state index in [1.165, 1.54) is 31.3 Å². The number of likely N-dealkylation sites (tertiary alicyclic amines) is 1. The van der Waals surface area contributed by atoms with Crippen LogP contribution in [-0.4, -0.2) is 49.3 Å². The number of carbonyl (C=O) groups is 2. The Kier molecular flexibility index (Phi) is 5.49. The summed E-state index contributed by atoms with van der Waals surface area (Å²) in [6, 6.07) is 12.3. The minimum absolute atomic E-state index is 0.201. The second-order valence-corrected chi connectivity index (χ2v) is 6.10. The molecule has 27 heavy (non-hydrogen) atoms. The predicted octanol–water partition coefficient (Wildman–Crippen LogP) is 2.88. The molecule has 1 fully saturated rings. The van der Waals surface area contributed by atoms with Crippen molar-refractivity contribution in [3.63, 3.8) is 0 Å². The minimum Gasteiger partial charge on any atom is -0.467 e. The van der Waals surface area contributed by atoms with Gasteiger partial charge in [-0.3, -0.25) is 4.79 Å². The molecule has 2 aromatic rings. The van der Waals surface area contributed by atoms with Crippen LogP contribution in [0.25, 0.3) is 11.1 Å². The predicted molar refractivity (Wildman–Crippen MR) is 97.7 cm³/mol. The second kappa shape index (κ2) is 7.99. The first-order valence-corrected chi connectivity index (χ1v) is 8.37. The Morgan fingerprint density at radius 2 is 1.63 bits per heavy atom. The number of oxime groups is 1. The van der Waals surface area contributed by atoms with Gasteiger partial charge in [0.1, 0.15) is 19.0 Å². The number of benzene rings is 2. The van der Waals surface area contributed by atoms with Crippen LogP contribution in [0.5, 0.6) is 0 Å². The monoisotopic (exact) mass is 370 g/mol. The molecule has 2 aromatic carbocycles. The molecule has 3 rings (SSSR count). The van der Waals surface area contributed by atoms with Crippen molar-refractivity contribution in [1.82, 2.24) is 4.90 Å². The number of hydrogen-bond acceptors (Lipinski definition) is 5. The maximum Gasteiger partial charge on any atom is 0.329 e. The summed E-state index contributed by atoms with van der Waals surface area (Å²) in [6.07, 6.45) is 0.278. The Bertz CT molecular complexity index is 863. The van der Waals surface area contributed by atoms with Gasteiger partial charge in [-0.25, -0.2) is 9.18 Å². The van der Waals surface area contributed by atoms with Gasteiger partial charge in [0, 0.05) is 12.0 Å². The Balaban J connectivity index is 1.82. The molecule has 0 unspecified atom stereocenters. The van der Waals surface area contributed by atoms with Gasteiger partial charge in [0.05, 0.1) is 19.4 Å². The highest BCUT2D eigenvalue weighted by Crippen LogP contribution is 2.23. The first-order chi connectivity index (χ1) is 13.0. The molecule has 1 saturated heterocycles. The summed E-state index contributed by atoms with van der Waals surface area (Å²) in [4.78, 5) is 31.1. The van der Waals surface area contributed by atoms with Crippen LogP contribution in [0.15, 0.2) is 53.7 Å². The van der Waals surface area contributed by atoms with Crippen molar-refractivity contribution >= 4 is 17.6 Å². The van der Waals surface area contributed by atoms with Crippen molar-refractivity contribution in [1.29, 1.82) is 0 Å². The number of nitrogens with zero attached hydrogens (tertiary/aromatic N) is 2. The molecule has 0 radical (unpaired) electrons. The number of hydrogen-bond donors (Lipinski definition) is 0. The maximum absolute atomic E-state index is 13.1. The highest BCUT2D eigenvalue weighted by Gasteiger charge is 2.39. The minimum atomic E-state index is -0.729. The van der Waals surface area contributed by atoms with Crippen LogP contribution in [0.2, 0.25) is 0 Å². The average molecular weight is 370 g/mol. The van der Waals surface area contributed by atoms with Crippen molar-refractivity contribution < 1.29 is 23.6 Å². The van der Waals surface area contributed by atoms with Gasteiger partial charge in [-0.05, 0) is 35.4 Å². The van der Waals surface area contributed by atoms with Crippen LogP contribution in [0.3, 0.4) is 0 Å². The van der Waals surface area contributed by atoms with E-state index in [-0.39, 0.29) is 24.7 Å². The van der Waals surface area contributed by atoms with Crippen LogP contribution in [0.1, 0.15) is 16.8 Å². The van der Waals surface area contributed by atoms with Gasteiger partial charge in [0.25, 0.3) is 5.91 Å². The fourth-order valence-electron chi connectivity index (χ4n) is 3.07. The zero-order valence-electron chi connectivity index (χ0n) is 15.0. The highest BCUT2D eigenvalue weighted by molar-refractivity contribution is 6.04. The molecule has 0 N–H and O–H groups in total. The molecule has 1 heterocycles. The summed E-state index contributed by atoms with van der Waals surface area (Å²) in [7, 11) is 2.70. The number of rotatable bonds is 4. The first-order valence-electron chi connectivity index (χ1n) is 8.37. The van der Waals surface area contributed by atoms with Gasteiger partial charge < -0.3 is 14.5 Å². The largest absolute Gasteiger partial charge is 0.467 e. The smallest absolute Gasteiger partial charge is 0.329 e. The van der Waals surface area contributed by atoms with E-state index in [0.29, 0.717) is 11.3 Å². The van der Waals surface area contributed by atoms with Crippen LogP contribution in [0.4, 0.5) is 4.39 Å². The van der Waals surface area contributed by atoms with Gasteiger partial charge in [0.15, 0.2) is 0 Å². The van der Waals surface area contributed by atoms with E-state index < -0.39 is 12.0 Å². The number of carbonyl (C=O) groups excluding carboxylic acids is 2. The fourth-order valence-corrected chi connectivity index (χ4v) is 3.07. The number of methoxy groups -OCH3 is 1. The molecule has 0 bridgehead atoms. The third-order valence-corrected chi connectivity index (χ3v) is 4.42. The van der Waals surface area contributed by atoms with Crippen molar-refractivity contribution in [2.45, 2.75) is 12.5 Å². The third kappa shape index (κ3) is 3.97. The quantitative estimate of drug-likeness (QED) is 0.613. The van der Waals surface area contributed by atoms with Crippen molar-refractivity contribution in [3.8, 4) is 11.1 Å². The molecular weight excluding hydrogens is 351 g/mol. The number of ether oxygens (including phenoxy) is 1. The van der Waals surface area contributed by atoms with E-state index in [9.17, 15) is 14.0 Å². The molecule has 0 saturated carbocycles. The number of esters is 1. The zero-order valence-corrected chi connectivity index (χ0v) is 15.0. The van der Waals surface area contributed by atoms with E-state index >= 15 is 0 Å². The Morgan fingerprint density at radius 1 is 1.04 bits per heavy atom. The van der Waals surface area contributed by atoms with E-state index in [0.717, 1.165) is 11.1 Å². The zero-order chi connectivity index (χ0) is 19.4. The Labute approximate surface area is 156 Å². The SMILES string of the molecule is CON=C1C[C@@H](C(=O)OC)N(C(=O)c2ccc(-c3ccc(F)cc3)cc2)C1. The average Bonchev–Trinajstić information content (AvgIpc) is 3.12. The molecular formula is C20H19FN2O4. The maximum atomic E-state index is 13.1. The summed E-state index contributed by atoms with van der Waals surface area (Å²) in [5, 5.41) is 3.86. The molecule has 0 aliphatic carbocycles. The molecule has 7 heteroatoms. The lowest BCUT2D eigenvalue weighted by molar-refractivity contribution is -0.145. The van der Waals surface area contributed by atoms with Crippen LogP contribution in [0, 0.1) is 5.82 Å². The summed E-state index contributed by atoms with van der Waals surface area (Å²) < 4.78 is 17.9. The topological polar surface area (TPSA) is 68.2 Å². The molecule has 1 amide bonds. The number of halogens is 1. The van der Waals surface area contributed by atoms with Gasteiger partial charge in [-0.15, -0.1) is 0 Å². The molecule has 140 valence electrons. The van der Waals surface area contributed by atoms with Crippen molar-refractivity contribution in [2.24, 2.45) is 5.16 Å². The lowest BCUT2D eigenvalue weighted by Gasteiger charge is -2.22. The van der Waals surface area contributed by atoms with Crippen molar-refractivity contribution in [3.05, 3.63) is 59.9 Å². The molecule has 1 aliphatic rings. The molecule has 0 spiro atoms. The van der Waals surface area contributed by atoms with Crippen LogP contribution in [-0.2, 0) is 14.4 Å². The standard InChI is InChI=1S/C20H19FN2O4/c1-26-20(25)18-11-17(22-27-2)12-23(18)19(24)15-5-3-13(4-6-15)14-7-9-16(21)10-8-14/h3-10,18H,11-12H2,1-2H3/t18-/m0/s1. The van der Waals surface area contributed by atoms with E-state index in [2.05, 4.69) is 5.16 Å². The Morgan fingerprint density at radius 3 is 2.19 bits per heavy atom. The summed E-state index contributed by atoms with van der Waals surface area (Å²) in [5.74, 6) is -1.09. The Hall–Kier alpha value is -3.22. The highest BCUT2D eigenvalue weighted by atomic mass is 19.1. The molecule has 0 aromatic heterocycles. The molecule has 1 atom stereocenters. The first kappa shape index (κ1) is 18.6. The summed E-state index contributed by atoms with van der Waals surface area (Å²) >= 11 is 0. The molecule has 6 nitrogen and oxygen atoms in total. The number of amides is 1. The van der Waals surface area contributed by atoms with Crippen LogP contribution < -0.4 is 0 Å². The van der Waals surface area contributed by atoms with Crippen molar-refractivity contribution in [2.75, 3.05) is 20.8 Å². The lowest BCUT2D eigenvalue weighted by atomic mass is 10.0. The summed E-state index contributed by atoms with van der Waals surface area (Å²) in [6.45, 7) is 0.201. The van der Waals surface area contributed by atoms with E-state index in [1.807, 2.05) is 0 Å².